The summed E-state index contributed by atoms with van der Waals surface area (Å²) in [6, 6.07) is 9.81. The van der Waals surface area contributed by atoms with Crippen LogP contribution in [-0.2, 0) is 0 Å². The van der Waals surface area contributed by atoms with Crippen LogP contribution in [0.25, 0.3) is 0 Å². The zero-order chi connectivity index (χ0) is 10.4. The Balaban J connectivity index is 2.43. The van der Waals surface area contributed by atoms with E-state index in [1.807, 2.05) is 30.3 Å². The summed E-state index contributed by atoms with van der Waals surface area (Å²) in [5.74, 6) is 0. The number of rotatable bonds is 4. The Hall–Kier alpha value is -1.08. The quantitative estimate of drug-likeness (QED) is 0.721. The van der Waals surface area contributed by atoms with Crippen molar-refractivity contribution in [2.45, 2.75) is 32.8 Å². The van der Waals surface area contributed by atoms with Crippen molar-refractivity contribution in [3.63, 3.8) is 0 Å². The average molecular weight is 190 g/mol. The molecule has 0 aliphatic carbocycles. The van der Waals surface area contributed by atoms with E-state index in [4.69, 9.17) is 0 Å². The Morgan fingerprint density at radius 3 is 2.50 bits per heavy atom. The molecule has 0 spiro atoms. The van der Waals surface area contributed by atoms with Gasteiger partial charge in [0.15, 0.2) is 0 Å². The first-order valence-electron chi connectivity index (χ1n) is 5.06. The van der Waals surface area contributed by atoms with Gasteiger partial charge in [-0.15, -0.1) is 0 Å². The van der Waals surface area contributed by atoms with Crippen molar-refractivity contribution in [2.24, 2.45) is 0 Å². The largest absolute Gasteiger partial charge is 0.388 e. The van der Waals surface area contributed by atoms with Gasteiger partial charge in [-0.3, -0.25) is 0 Å². The zero-order valence-electron chi connectivity index (χ0n) is 8.90. The minimum atomic E-state index is -0.327. The summed E-state index contributed by atoms with van der Waals surface area (Å²) in [6.45, 7) is 4.16. The first-order chi connectivity index (χ1) is 6.70. The lowest BCUT2D eigenvalue weighted by atomic mass is 10.0. The van der Waals surface area contributed by atoms with Gasteiger partial charge in [0.25, 0.3) is 0 Å². The van der Waals surface area contributed by atoms with Crippen LogP contribution < -0.4 is 0 Å². The summed E-state index contributed by atoms with van der Waals surface area (Å²) < 4.78 is 0. The third-order valence-electron chi connectivity index (χ3n) is 2.18. The zero-order valence-corrected chi connectivity index (χ0v) is 8.90. The van der Waals surface area contributed by atoms with Gasteiger partial charge in [-0.2, -0.15) is 0 Å². The minimum absolute atomic E-state index is 0.327. The lowest BCUT2D eigenvalue weighted by Crippen LogP contribution is -1.95. The molecule has 1 aromatic carbocycles. The molecule has 0 unspecified atom stereocenters. The van der Waals surface area contributed by atoms with Crippen LogP contribution in [0.3, 0.4) is 0 Å². The lowest BCUT2D eigenvalue weighted by molar-refractivity contribution is 0.168. The molecule has 14 heavy (non-hydrogen) atoms. The Morgan fingerprint density at radius 1 is 1.29 bits per heavy atom. The smallest absolute Gasteiger partial charge is 0.0793 e. The molecule has 0 aromatic heterocycles. The van der Waals surface area contributed by atoms with Gasteiger partial charge in [-0.05, 0) is 32.3 Å². The fraction of sp³-hybridized carbons (Fsp3) is 0.385. The predicted octanol–water partition coefficient (Wildman–Crippen LogP) is 3.47. The summed E-state index contributed by atoms with van der Waals surface area (Å²) in [7, 11) is 0. The van der Waals surface area contributed by atoms with Crippen LogP contribution in [0.5, 0.6) is 0 Å². The SMILES string of the molecule is CC(C)=CCC[C@H](O)c1ccccc1. The maximum Gasteiger partial charge on any atom is 0.0793 e. The molecule has 1 N–H and O–H groups in total. The molecule has 0 saturated carbocycles. The van der Waals surface area contributed by atoms with Crippen molar-refractivity contribution in [3.8, 4) is 0 Å². The maximum atomic E-state index is 9.80. The molecule has 0 heterocycles. The van der Waals surface area contributed by atoms with Crippen LogP contribution in [0.1, 0.15) is 38.4 Å². The lowest BCUT2D eigenvalue weighted by Gasteiger charge is -2.08. The van der Waals surface area contributed by atoms with E-state index in [2.05, 4.69) is 19.9 Å². The standard InChI is InChI=1S/C13H18O/c1-11(2)7-6-10-13(14)12-8-4-3-5-9-12/h3-5,7-9,13-14H,6,10H2,1-2H3/t13-/m0/s1. The highest BCUT2D eigenvalue weighted by Crippen LogP contribution is 2.18. The Bertz CT molecular complexity index is 283. The van der Waals surface area contributed by atoms with Gasteiger partial charge in [-0.1, -0.05) is 42.0 Å². The number of aliphatic hydroxyl groups excluding tert-OH is 1. The number of hydrogen-bond donors (Lipinski definition) is 1. The summed E-state index contributed by atoms with van der Waals surface area (Å²) >= 11 is 0. The van der Waals surface area contributed by atoms with Crippen LogP contribution >= 0.6 is 0 Å². The molecule has 1 rings (SSSR count). The van der Waals surface area contributed by atoms with Crippen molar-refractivity contribution in [1.82, 2.24) is 0 Å². The second-order valence-electron chi connectivity index (χ2n) is 3.79. The highest BCUT2D eigenvalue weighted by molar-refractivity contribution is 5.17. The van der Waals surface area contributed by atoms with Gasteiger partial charge in [0.1, 0.15) is 0 Å². The molecule has 1 heteroatoms. The number of hydrogen-bond acceptors (Lipinski definition) is 1. The van der Waals surface area contributed by atoms with E-state index >= 15 is 0 Å². The molecule has 1 atom stereocenters. The summed E-state index contributed by atoms with van der Waals surface area (Å²) in [4.78, 5) is 0. The molecular formula is C13H18O. The predicted molar refractivity (Wildman–Crippen MR) is 60.1 cm³/mol. The Morgan fingerprint density at radius 2 is 1.93 bits per heavy atom. The van der Waals surface area contributed by atoms with Crippen molar-refractivity contribution >= 4 is 0 Å². The molecule has 1 nitrogen and oxygen atoms in total. The van der Waals surface area contributed by atoms with Crippen molar-refractivity contribution in [2.75, 3.05) is 0 Å². The third-order valence-corrected chi connectivity index (χ3v) is 2.18. The van der Waals surface area contributed by atoms with Gasteiger partial charge >= 0.3 is 0 Å². The topological polar surface area (TPSA) is 20.2 Å². The number of aliphatic hydroxyl groups is 1. The Labute approximate surface area is 86.1 Å². The summed E-state index contributed by atoms with van der Waals surface area (Å²) in [6.07, 6.45) is 3.58. The second kappa shape index (κ2) is 5.61. The third kappa shape index (κ3) is 3.75. The highest BCUT2D eigenvalue weighted by atomic mass is 16.3. The monoisotopic (exact) mass is 190 g/mol. The molecule has 76 valence electrons. The van der Waals surface area contributed by atoms with Gasteiger partial charge in [-0.25, -0.2) is 0 Å². The average Bonchev–Trinajstić information content (AvgIpc) is 2.18. The van der Waals surface area contributed by atoms with E-state index in [-0.39, 0.29) is 6.10 Å². The normalized spacial score (nSPS) is 12.2. The van der Waals surface area contributed by atoms with Crippen LogP contribution in [-0.4, -0.2) is 5.11 Å². The fourth-order valence-electron chi connectivity index (χ4n) is 1.37. The van der Waals surface area contributed by atoms with Crippen LogP contribution in [0.4, 0.5) is 0 Å². The molecule has 1 aromatic rings. The Kier molecular flexibility index (Phi) is 4.41. The molecule has 0 saturated heterocycles. The summed E-state index contributed by atoms with van der Waals surface area (Å²) in [5, 5.41) is 9.80. The van der Waals surface area contributed by atoms with Gasteiger partial charge < -0.3 is 5.11 Å². The van der Waals surface area contributed by atoms with E-state index in [1.165, 1.54) is 5.57 Å². The molecule has 0 fully saturated rings. The van der Waals surface area contributed by atoms with E-state index in [0.717, 1.165) is 18.4 Å². The van der Waals surface area contributed by atoms with Crippen molar-refractivity contribution in [3.05, 3.63) is 47.5 Å². The first-order valence-corrected chi connectivity index (χ1v) is 5.06. The van der Waals surface area contributed by atoms with E-state index in [9.17, 15) is 5.11 Å². The highest BCUT2D eigenvalue weighted by Gasteiger charge is 2.04. The molecule has 0 aliphatic rings. The second-order valence-corrected chi connectivity index (χ2v) is 3.79. The number of allylic oxidation sites excluding steroid dienone is 2. The van der Waals surface area contributed by atoms with Crippen molar-refractivity contribution in [1.29, 1.82) is 0 Å². The molecule has 0 amide bonds. The molecular weight excluding hydrogens is 172 g/mol. The minimum Gasteiger partial charge on any atom is -0.388 e. The maximum absolute atomic E-state index is 9.80. The van der Waals surface area contributed by atoms with Gasteiger partial charge in [0, 0.05) is 0 Å². The van der Waals surface area contributed by atoms with Crippen LogP contribution in [0.15, 0.2) is 42.0 Å². The molecule has 0 radical (unpaired) electrons. The van der Waals surface area contributed by atoms with Gasteiger partial charge in [0.2, 0.25) is 0 Å². The number of benzene rings is 1. The van der Waals surface area contributed by atoms with Crippen LogP contribution in [0, 0.1) is 0 Å². The van der Waals surface area contributed by atoms with E-state index in [0.29, 0.717) is 0 Å². The summed E-state index contributed by atoms with van der Waals surface area (Å²) in [5.41, 5.74) is 2.32. The molecule has 0 aliphatic heterocycles. The van der Waals surface area contributed by atoms with E-state index < -0.39 is 0 Å². The van der Waals surface area contributed by atoms with Crippen LogP contribution in [0.2, 0.25) is 0 Å². The van der Waals surface area contributed by atoms with E-state index in [1.54, 1.807) is 0 Å². The first kappa shape index (κ1) is 11.0. The van der Waals surface area contributed by atoms with Gasteiger partial charge in [0.05, 0.1) is 6.10 Å². The van der Waals surface area contributed by atoms with Crippen molar-refractivity contribution < 1.29 is 5.11 Å². The molecule has 0 bridgehead atoms. The fourth-order valence-corrected chi connectivity index (χ4v) is 1.37.